The number of H-pyrrole nitrogens is 1. The molecule has 3 atom stereocenters. The Morgan fingerprint density at radius 2 is 2.08 bits per heavy atom. The van der Waals surface area contributed by atoms with Crippen LogP contribution in [0.2, 0.25) is 0 Å². The number of allylic oxidation sites excluding steroid dienone is 1. The molecule has 1 aliphatic rings. The van der Waals surface area contributed by atoms with Gasteiger partial charge in [0.05, 0.1) is 58.9 Å². The zero-order valence-corrected chi connectivity index (χ0v) is 23.2. The maximum atomic E-state index is 9.72. The third-order valence-corrected chi connectivity index (χ3v) is 6.70. The highest BCUT2D eigenvalue weighted by Crippen LogP contribution is 2.35. The first kappa shape index (κ1) is 27.3. The van der Waals surface area contributed by atoms with Crippen LogP contribution in [0.4, 0.5) is 0 Å². The zero-order valence-electron chi connectivity index (χ0n) is 23.2. The fourth-order valence-electron chi connectivity index (χ4n) is 4.45. The topological polar surface area (TPSA) is 148 Å². The fraction of sp³-hybridized carbons (Fsp3) is 0.481. The Morgan fingerprint density at radius 3 is 2.79 bits per heavy atom. The molecule has 11 nitrogen and oxygen atoms in total. The second-order valence-electron chi connectivity index (χ2n) is 9.66. The van der Waals surface area contributed by atoms with E-state index in [2.05, 4.69) is 27.5 Å². The van der Waals surface area contributed by atoms with Gasteiger partial charge in [0.1, 0.15) is 11.6 Å². The molecule has 3 unspecified atom stereocenters. The van der Waals surface area contributed by atoms with Gasteiger partial charge < -0.3 is 25.6 Å². The Bertz CT molecular complexity index is 1400. The van der Waals surface area contributed by atoms with Crippen LogP contribution in [0.15, 0.2) is 28.6 Å². The Hall–Kier alpha value is -3.70. The van der Waals surface area contributed by atoms with E-state index in [9.17, 15) is 5.11 Å². The minimum atomic E-state index is -0.320. The summed E-state index contributed by atoms with van der Waals surface area (Å²) < 4.78 is 13.9. The quantitative estimate of drug-likeness (QED) is 0.382. The molecular formula is C27H38N8O3. The number of nitrogens with two attached hydrogens (primary N) is 1. The highest BCUT2D eigenvalue weighted by atomic mass is 16.5. The summed E-state index contributed by atoms with van der Waals surface area (Å²) in [5.41, 5.74) is 12.5. The molecule has 0 aliphatic carbocycles. The Labute approximate surface area is 222 Å². The van der Waals surface area contributed by atoms with Crippen LogP contribution in [-0.4, -0.2) is 73.7 Å². The van der Waals surface area contributed by atoms with Crippen molar-refractivity contribution in [3.63, 3.8) is 0 Å². The third kappa shape index (κ3) is 5.44. The number of hydrogen-bond donors (Lipinski definition) is 4. The maximum absolute atomic E-state index is 9.72. The third-order valence-electron chi connectivity index (χ3n) is 6.70. The number of aryl methyl sites for hydroxylation is 3. The number of fused-ring (bicyclic) bond motifs is 3. The molecule has 0 spiro atoms. The van der Waals surface area contributed by atoms with Crippen LogP contribution < -0.4 is 15.8 Å². The molecule has 0 aromatic carbocycles. The van der Waals surface area contributed by atoms with E-state index in [1.165, 1.54) is 0 Å². The van der Waals surface area contributed by atoms with Gasteiger partial charge in [0.25, 0.3) is 0 Å². The lowest BCUT2D eigenvalue weighted by atomic mass is 10.1. The maximum Gasteiger partial charge on any atom is 0.221 e. The van der Waals surface area contributed by atoms with E-state index >= 15 is 0 Å². The van der Waals surface area contributed by atoms with Gasteiger partial charge in [-0.15, -0.1) is 0 Å². The summed E-state index contributed by atoms with van der Waals surface area (Å²) in [6, 6.07) is 1.62. The summed E-state index contributed by atoms with van der Waals surface area (Å²) >= 11 is 0. The largest absolute Gasteiger partial charge is 0.479 e. The number of aliphatic hydroxyl groups excluding tert-OH is 1. The number of pyridine rings is 1. The number of aliphatic hydroxyl groups is 1. The SMILES string of the molecule is CCO/C(N)=C1\C=C\c2[nH]nc3c(C)nc(cc23)-c2c(C)nn(C)c2OC(C)C(C)NCC1=NC(C)CO. The highest BCUT2D eigenvalue weighted by Gasteiger charge is 2.25. The van der Waals surface area contributed by atoms with Crippen molar-refractivity contribution in [2.75, 3.05) is 19.8 Å². The number of aromatic nitrogens is 5. The van der Waals surface area contributed by atoms with Crippen LogP contribution in [0.5, 0.6) is 5.88 Å². The van der Waals surface area contributed by atoms with Gasteiger partial charge in [0.15, 0.2) is 5.88 Å². The van der Waals surface area contributed by atoms with Crippen LogP contribution in [0, 0.1) is 13.8 Å². The van der Waals surface area contributed by atoms with Gasteiger partial charge in [0.2, 0.25) is 5.88 Å². The van der Waals surface area contributed by atoms with Crippen LogP contribution in [0.3, 0.4) is 0 Å². The van der Waals surface area contributed by atoms with E-state index in [1.54, 1.807) is 4.68 Å². The minimum Gasteiger partial charge on any atom is -0.479 e. The molecule has 4 heterocycles. The number of aromatic amines is 1. The molecule has 3 aromatic rings. The molecule has 11 heteroatoms. The number of ether oxygens (including phenoxy) is 2. The first-order valence-corrected chi connectivity index (χ1v) is 12.9. The lowest BCUT2D eigenvalue weighted by Gasteiger charge is -2.24. The van der Waals surface area contributed by atoms with Crippen molar-refractivity contribution >= 4 is 22.7 Å². The predicted molar refractivity (Wildman–Crippen MR) is 149 cm³/mol. The van der Waals surface area contributed by atoms with Crippen molar-refractivity contribution in [3.8, 4) is 17.1 Å². The van der Waals surface area contributed by atoms with E-state index in [0.717, 1.165) is 39.2 Å². The summed E-state index contributed by atoms with van der Waals surface area (Å²) in [6.45, 7) is 12.4. The number of nitrogens with zero attached hydrogens (tertiary/aromatic N) is 5. The second kappa shape index (κ2) is 11.4. The van der Waals surface area contributed by atoms with Crippen LogP contribution in [0.25, 0.3) is 28.2 Å². The molecule has 1 aliphatic heterocycles. The number of aliphatic imine (C=N–C) groups is 1. The molecule has 0 fully saturated rings. The first-order chi connectivity index (χ1) is 18.1. The summed E-state index contributed by atoms with van der Waals surface area (Å²) in [5, 5.41) is 26.4. The van der Waals surface area contributed by atoms with Crippen molar-refractivity contribution in [2.45, 2.75) is 59.7 Å². The van der Waals surface area contributed by atoms with Gasteiger partial charge >= 0.3 is 0 Å². The standard InChI is InChI=1S/C27H38N8O3/c1-8-37-26(28)19-9-10-21-20-11-22(31-17(5)25(20)33-32-21)24-16(4)34-35(7)27(24)38-18(6)15(3)29-12-23(19)30-14(2)13-36/h9-11,14-15,18,29,36H,8,12-13,28H2,1-7H3,(H,32,33)/b10-9+,26-19+,30-23?. The average molecular weight is 523 g/mol. The zero-order chi connectivity index (χ0) is 27.6. The van der Waals surface area contributed by atoms with Gasteiger partial charge in [-0.2, -0.15) is 10.2 Å². The van der Waals surface area contributed by atoms with E-state index in [0.29, 0.717) is 30.3 Å². The molecule has 0 radical (unpaired) electrons. The van der Waals surface area contributed by atoms with Gasteiger partial charge in [-0.1, -0.05) is 0 Å². The van der Waals surface area contributed by atoms with E-state index < -0.39 is 0 Å². The van der Waals surface area contributed by atoms with Crippen molar-refractivity contribution in [2.24, 2.45) is 17.8 Å². The average Bonchev–Trinajstić information content (AvgIpc) is 3.41. The normalized spacial score (nSPS) is 22.5. The number of hydrogen-bond acceptors (Lipinski definition) is 9. The molecule has 4 rings (SSSR count). The Balaban J connectivity index is 1.97. The van der Waals surface area contributed by atoms with Crippen LogP contribution in [-0.2, 0) is 11.8 Å². The molecule has 0 saturated heterocycles. The van der Waals surface area contributed by atoms with Crippen molar-refractivity contribution in [1.82, 2.24) is 30.3 Å². The predicted octanol–water partition coefficient (Wildman–Crippen LogP) is 2.78. The minimum absolute atomic E-state index is 0.0644. The Morgan fingerprint density at radius 1 is 1.32 bits per heavy atom. The summed E-state index contributed by atoms with van der Waals surface area (Å²) in [4.78, 5) is 9.62. The fourth-order valence-corrected chi connectivity index (χ4v) is 4.45. The van der Waals surface area contributed by atoms with E-state index in [-0.39, 0.29) is 30.7 Å². The Kier molecular flexibility index (Phi) is 8.17. The number of nitrogens with one attached hydrogen (secondary N) is 2. The highest BCUT2D eigenvalue weighted by molar-refractivity contribution is 6.05. The summed E-state index contributed by atoms with van der Waals surface area (Å²) in [5.74, 6) is 0.904. The van der Waals surface area contributed by atoms with Crippen molar-refractivity contribution in [3.05, 3.63) is 40.7 Å². The molecule has 0 saturated carbocycles. The summed E-state index contributed by atoms with van der Waals surface area (Å²) in [7, 11) is 1.87. The lowest BCUT2D eigenvalue weighted by Crippen LogP contribution is -2.42. The smallest absolute Gasteiger partial charge is 0.221 e. The van der Waals surface area contributed by atoms with E-state index in [4.69, 9.17) is 25.2 Å². The molecule has 38 heavy (non-hydrogen) atoms. The monoisotopic (exact) mass is 522 g/mol. The van der Waals surface area contributed by atoms with Gasteiger partial charge in [-0.25, -0.2) is 4.68 Å². The van der Waals surface area contributed by atoms with Crippen LogP contribution in [0.1, 0.15) is 44.8 Å². The summed E-state index contributed by atoms with van der Waals surface area (Å²) in [6.07, 6.45) is 3.58. The van der Waals surface area contributed by atoms with Crippen molar-refractivity contribution in [1.29, 1.82) is 0 Å². The van der Waals surface area contributed by atoms with E-state index in [1.807, 2.05) is 59.9 Å². The first-order valence-electron chi connectivity index (χ1n) is 12.9. The number of rotatable bonds is 4. The van der Waals surface area contributed by atoms with Crippen LogP contribution >= 0.6 is 0 Å². The van der Waals surface area contributed by atoms with Gasteiger partial charge in [-0.3, -0.25) is 15.1 Å². The molecular weight excluding hydrogens is 484 g/mol. The second-order valence-corrected chi connectivity index (χ2v) is 9.66. The van der Waals surface area contributed by atoms with Gasteiger partial charge in [-0.05, 0) is 59.8 Å². The molecule has 2 bridgehead atoms. The van der Waals surface area contributed by atoms with Crippen molar-refractivity contribution < 1.29 is 14.6 Å². The molecule has 0 amide bonds. The lowest BCUT2D eigenvalue weighted by molar-refractivity contribution is 0.167. The molecule has 3 aromatic heterocycles. The van der Waals surface area contributed by atoms with Gasteiger partial charge in [0, 0.05) is 25.0 Å². The molecule has 5 N–H and O–H groups in total. The molecule has 204 valence electrons.